The first kappa shape index (κ1) is 11.5. The van der Waals surface area contributed by atoms with Crippen LogP contribution in [-0.4, -0.2) is 31.6 Å². The third-order valence-corrected chi connectivity index (χ3v) is 3.21. The second kappa shape index (κ2) is 6.01. The largest absolute Gasteiger partial charge is 0.398 e. The first-order valence-electron chi connectivity index (χ1n) is 4.95. The molecule has 0 aliphatic carbocycles. The van der Waals surface area contributed by atoms with E-state index in [-0.39, 0.29) is 0 Å². The molecule has 0 spiro atoms. The van der Waals surface area contributed by atoms with Gasteiger partial charge in [0, 0.05) is 30.2 Å². The Morgan fingerprint density at radius 2 is 2.36 bits per heavy atom. The number of nitrogens with zero attached hydrogens (tertiary/aromatic N) is 1. The molecule has 0 amide bonds. The van der Waals surface area contributed by atoms with Gasteiger partial charge in [0.15, 0.2) is 0 Å². The molecule has 0 saturated heterocycles. The molecule has 1 aromatic rings. The third-order valence-electron chi connectivity index (χ3n) is 2.28. The molecule has 1 heterocycles. The van der Waals surface area contributed by atoms with Crippen LogP contribution in [0.25, 0.3) is 0 Å². The highest BCUT2D eigenvalue weighted by Gasteiger charge is 1.99. The normalized spacial score (nSPS) is 11.1. The van der Waals surface area contributed by atoms with Gasteiger partial charge in [-0.15, -0.1) is 11.3 Å². The number of nitrogens with two attached hydrogens (primary N) is 1. The summed E-state index contributed by atoms with van der Waals surface area (Å²) in [5.41, 5.74) is 6.68. The highest BCUT2D eigenvalue weighted by Crippen LogP contribution is 2.17. The van der Waals surface area contributed by atoms with Crippen LogP contribution in [0.5, 0.6) is 0 Å². The molecule has 0 radical (unpaired) electrons. The quantitative estimate of drug-likeness (QED) is 0.701. The van der Waals surface area contributed by atoms with Crippen molar-refractivity contribution in [3.8, 4) is 0 Å². The van der Waals surface area contributed by atoms with Crippen molar-refractivity contribution in [2.45, 2.75) is 13.5 Å². The maximum Gasteiger partial charge on any atom is 0.0468 e. The van der Waals surface area contributed by atoms with Crippen LogP contribution in [0.3, 0.4) is 0 Å². The van der Waals surface area contributed by atoms with Gasteiger partial charge in [0.1, 0.15) is 0 Å². The van der Waals surface area contributed by atoms with E-state index >= 15 is 0 Å². The summed E-state index contributed by atoms with van der Waals surface area (Å²) in [4.78, 5) is 3.52. The van der Waals surface area contributed by atoms with E-state index in [4.69, 9.17) is 5.73 Å². The van der Waals surface area contributed by atoms with Crippen molar-refractivity contribution in [1.82, 2.24) is 10.2 Å². The number of thiophene rings is 1. The van der Waals surface area contributed by atoms with Crippen LogP contribution in [0.15, 0.2) is 11.4 Å². The fourth-order valence-electron chi connectivity index (χ4n) is 1.12. The van der Waals surface area contributed by atoms with Crippen molar-refractivity contribution >= 4 is 17.0 Å². The van der Waals surface area contributed by atoms with Gasteiger partial charge in [-0.2, -0.15) is 0 Å². The Hall–Kier alpha value is -0.580. The van der Waals surface area contributed by atoms with Gasteiger partial charge in [0.05, 0.1) is 0 Å². The average Bonchev–Trinajstić information content (AvgIpc) is 2.58. The van der Waals surface area contributed by atoms with E-state index in [1.165, 1.54) is 4.88 Å². The van der Waals surface area contributed by atoms with Crippen molar-refractivity contribution in [1.29, 1.82) is 0 Å². The summed E-state index contributed by atoms with van der Waals surface area (Å²) in [5, 5.41) is 5.41. The molecule has 14 heavy (non-hydrogen) atoms. The SMILES string of the molecule is CCN(C)CCNCc1sccc1N. The number of anilines is 1. The molecule has 0 unspecified atom stereocenters. The lowest BCUT2D eigenvalue weighted by molar-refractivity contribution is 0.349. The molecular formula is C10H19N3S. The minimum atomic E-state index is 0.890. The lowest BCUT2D eigenvalue weighted by atomic mass is 10.4. The molecule has 1 rings (SSSR count). The second-order valence-corrected chi connectivity index (χ2v) is 4.37. The molecule has 1 aromatic heterocycles. The molecule has 0 aliphatic rings. The van der Waals surface area contributed by atoms with Crippen LogP contribution in [-0.2, 0) is 6.54 Å². The molecular weight excluding hydrogens is 194 g/mol. The molecule has 0 atom stereocenters. The van der Waals surface area contributed by atoms with Crippen LogP contribution >= 0.6 is 11.3 Å². The molecule has 0 aliphatic heterocycles. The van der Waals surface area contributed by atoms with Gasteiger partial charge in [-0.1, -0.05) is 6.92 Å². The van der Waals surface area contributed by atoms with E-state index in [9.17, 15) is 0 Å². The zero-order valence-corrected chi connectivity index (χ0v) is 9.73. The Kier molecular flexibility index (Phi) is 4.93. The van der Waals surface area contributed by atoms with E-state index in [0.717, 1.165) is 31.9 Å². The molecule has 4 heteroatoms. The average molecular weight is 213 g/mol. The summed E-state index contributed by atoms with van der Waals surface area (Å²) >= 11 is 1.71. The first-order valence-corrected chi connectivity index (χ1v) is 5.83. The van der Waals surface area contributed by atoms with Crippen molar-refractivity contribution in [2.75, 3.05) is 32.4 Å². The second-order valence-electron chi connectivity index (χ2n) is 3.37. The summed E-state index contributed by atoms with van der Waals surface area (Å²) in [5.74, 6) is 0. The fraction of sp³-hybridized carbons (Fsp3) is 0.600. The van der Waals surface area contributed by atoms with Crippen LogP contribution in [0, 0.1) is 0 Å². The molecule has 80 valence electrons. The van der Waals surface area contributed by atoms with Gasteiger partial charge in [-0.25, -0.2) is 0 Å². The van der Waals surface area contributed by atoms with Crippen molar-refractivity contribution in [3.63, 3.8) is 0 Å². The van der Waals surface area contributed by atoms with Gasteiger partial charge >= 0.3 is 0 Å². The van der Waals surface area contributed by atoms with E-state index < -0.39 is 0 Å². The maximum atomic E-state index is 5.77. The van der Waals surface area contributed by atoms with Gasteiger partial charge in [0.2, 0.25) is 0 Å². The van der Waals surface area contributed by atoms with Gasteiger partial charge in [-0.05, 0) is 25.0 Å². The van der Waals surface area contributed by atoms with Crippen molar-refractivity contribution < 1.29 is 0 Å². The minimum Gasteiger partial charge on any atom is -0.398 e. The van der Waals surface area contributed by atoms with Crippen LogP contribution in [0.4, 0.5) is 5.69 Å². The summed E-state index contributed by atoms with van der Waals surface area (Å²) in [6.45, 7) is 6.25. The number of likely N-dealkylation sites (N-methyl/N-ethyl adjacent to an activating group) is 1. The summed E-state index contributed by atoms with van der Waals surface area (Å²) in [7, 11) is 2.13. The van der Waals surface area contributed by atoms with Gasteiger partial charge < -0.3 is 16.0 Å². The molecule has 3 N–H and O–H groups in total. The monoisotopic (exact) mass is 213 g/mol. The van der Waals surface area contributed by atoms with E-state index in [1.807, 2.05) is 11.4 Å². The summed E-state index contributed by atoms with van der Waals surface area (Å²) < 4.78 is 0. The zero-order chi connectivity index (χ0) is 10.4. The maximum absolute atomic E-state index is 5.77. The van der Waals surface area contributed by atoms with E-state index in [1.54, 1.807) is 11.3 Å². The Labute approximate surface area is 89.9 Å². The minimum absolute atomic E-state index is 0.890. The predicted octanol–water partition coefficient (Wildman–Crippen LogP) is 1.37. The number of nitrogen functional groups attached to an aromatic ring is 1. The Morgan fingerprint density at radius 3 is 2.93 bits per heavy atom. The summed E-state index contributed by atoms with van der Waals surface area (Å²) in [6.07, 6.45) is 0. The topological polar surface area (TPSA) is 41.3 Å². The Morgan fingerprint density at radius 1 is 1.57 bits per heavy atom. The highest BCUT2D eigenvalue weighted by molar-refractivity contribution is 7.10. The van der Waals surface area contributed by atoms with E-state index in [0.29, 0.717) is 0 Å². The smallest absolute Gasteiger partial charge is 0.0468 e. The number of nitrogens with one attached hydrogen (secondary N) is 1. The number of hydrogen-bond donors (Lipinski definition) is 2. The van der Waals surface area contributed by atoms with Crippen LogP contribution < -0.4 is 11.1 Å². The molecule has 0 aromatic carbocycles. The lowest BCUT2D eigenvalue weighted by Crippen LogP contribution is -2.28. The van der Waals surface area contributed by atoms with Crippen molar-refractivity contribution in [3.05, 3.63) is 16.3 Å². The van der Waals surface area contributed by atoms with Crippen LogP contribution in [0.1, 0.15) is 11.8 Å². The Balaban J connectivity index is 2.13. The van der Waals surface area contributed by atoms with E-state index in [2.05, 4.69) is 24.2 Å². The molecule has 0 saturated carbocycles. The third kappa shape index (κ3) is 3.65. The number of rotatable bonds is 6. The zero-order valence-electron chi connectivity index (χ0n) is 8.92. The first-order chi connectivity index (χ1) is 6.74. The standard InChI is InChI=1S/C10H19N3S/c1-3-13(2)6-5-12-8-10-9(11)4-7-14-10/h4,7,12H,3,5-6,8,11H2,1-2H3. The fourth-order valence-corrected chi connectivity index (χ4v) is 1.89. The molecule has 3 nitrogen and oxygen atoms in total. The Bertz CT molecular complexity index is 260. The predicted molar refractivity (Wildman–Crippen MR) is 63.6 cm³/mol. The molecule has 0 fully saturated rings. The van der Waals surface area contributed by atoms with Gasteiger partial charge in [0.25, 0.3) is 0 Å². The summed E-state index contributed by atoms with van der Waals surface area (Å²) in [6, 6.07) is 1.96. The molecule has 0 bridgehead atoms. The number of hydrogen-bond acceptors (Lipinski definition) is 4. The van der Waals surface area contributed by atoms with Gasteiger partial charge in [-0.3, -0.25) is 0 Å². The van der Waals surface area contributed by atoms with Crippen molar-refractivity contribution in [2.24, 2.45) is 0 Å². The van der Waals surface area contributed by atoms with Crippen LogP contribution in [0.2, 0.25) is 0 Å². The highest BCUT2D eigenvalue weighted by atomic mass is 32.1. The lowest BCUT2D eigenvalue weighted by Gasteiger charge is -2.13.